The number of aromatic nitrogens is 2. The SMILES string of the molecule is Cc1nn(C)c(Oc2cc(F)ccc2Br)c1CBr. The Hall–Kier alpha value is -0.880. The average molecular weight is 378 g/mol. The summed E-state index contributed by atoms with van der Waals surface area (Å²) < 4.78 is 21.3. The molecule has 1 heterocycles. The molecule has 0 radical (unpaired) electrons. The second kappa shape index (κ2) is 5.40. The van der Waals surface area contributed by atoms with Crippen molar-refractivity contribution in [2.75, 3.05) is 0 Å². The fraction of sp³-hybridized carbons (Fsp3) is 0.250. The Morgan fingerprint density at radius 3 is 2.83 bits per heavy atom. The summed E-state index contributed by atoms with van der Waals surface area (Å²) in [7, 11) is 1.79. The molecular weight excluding hydrogens is 367 g/mol. The molecule has 18 heavy (non-hydrogen) atoms. The maximum absolute atomic E-state index is 13.2. The molecule has 2 aromatic rings. The minimum absolute atomic E-state index is 0.340. The monoisotopic (exact) mass is 376 g/mol. The minimum Gasteiger partial charge on any atom is -0.438 e. The first kappa shape index (κ1) is 13.5. The predicted molar refractivity (Wildman–Crippen MR) is 74.8 cm³/mol. The molecule has 0 fully saturated rings. The van der Waals surface area contributed by atoms with Crippen molar-refractivity contribution in [3.63, 3.8) is 0 Å². The van der Waals surface area contributed by atoms with Gasteiger partial charge in [0, 0.05) is 24.0 Å². The van der Waals surface area contributed by atoms with E-state index in [9.17, 15) is 4.39 Å². The number of ether oxygens (including phenoxy) is 1. The van der Waals surface area contributed by atoms with Crippen molar-refractivity contribution in [2.24, 2.45) is 7.05 Å². The summed E-state index contributed by atoms with van der Waals surface area (Å²) in [5.41, 5.74) is 1.84. The van der Waals surface area contributed by atoms with E-state index in [0.29, 0.717) is 21.4 Å². The lowest BCUT2D eigenvalue weighted by Gasteiger charge is -2.09. The molecule has 0 bridgehead atoms. The summed E-state index contributed by atoms with van der Waals surface area (Å²) in [6.07, 6.45) is 0. The van der Waals surface area contributed by atoms with Gasteiger partial charge in [-0.3, -0.25) is 0 Å². The van der Waals surface area contributed by atoms with E-state index in [2.05, 4.69) is 37.0 Å². The van der Waals surface area contributed by atoms with Crippen LogP contribution < -0.4 is 4.74 Å². The Labute approximate surface area is 121 Å². The van der Waals surface area contributed by atoms with Gasteiger partial charge >= 0.3 is 0 Å². The van der Waals surface area contributed by atoms with Crippen molar-refractivity contribution >= 4 is 31.9 Å². The highest BCUT2D eigenvalue weighted by atomic mass is 79.9. The standard InChI is InChI=1S/C12H11Br2FN2O/c1-7-9(6-13)12(17(2)16-7)18-11-5-8(15)3-4-10(11)14/h3-5H,6H2,1-2H3. The molecule has 0 saturated carbocycles. The van der Waals surface area contributed by atoms with E-state index in [0.717, 1.165) is 11.3 Å². The molecule has 2 rings (SSSR count). The third-order valence-electron chi connectivity index (χ3n) is 2.52. The Morgan fingerprint density at radius 2 is 2.17 bits per heavy atom. The quantitative estimate of drug-likeness (QED) is 0.745. The predicted octanol–water partition coefficient (Wildman–Crippen LogP) is 4.32. The molecule has 3 nitrogen and oxygen atoms in total. The number of hydrogen-bond acceptors (Lipinski definition) is 2. The molecule has 1 aromatic heterocycles. The van der Waals surface area contributed by atoms with Gasteiger partial charge in [0.25, 0.3) is 0 Å². The van der Waals surface area contributed by atoms with Crippen LogP contribution in [0.1, 0.15) is 11.3 Å². The van der Waals surface area contributed by atoms with Gasteiger partial charge in [-0.05, 0) is 35.0 Å². The number of rotatable bonds is 3. The smallest absolute Gasteiger partial charge is 0.221 e. The van der Waals surface area contributed by atoms with Crippen molar-refractivity contribution < 1.29 is 9.13 Å². The lowest BCUT2D eigenvalue weighted by atomic mass is 10.3. The van der Waals surface area contributed by atoms with E-state index < -0.39 is 0 Å². The lowest BCUT2D eigenvalue weighted by Crippen LogP contribution is -1.97. The number of alkyl halides is 1. The van der Waals surface area contributed by atoms with Gasteiger partial charge in [-0.15, -0.1) is 0 Å². The second-order valence-corrected chi connectivity index (χ2v) is 5.22. The molecule has 0 aliphatic heterocycles. The number of halogens is 3. The summed E-state index contributed by atoms with van der Waals surface area (Å²) in [4.78, 5) is 0. The van der Waals surface area contributed by atoms with Gasteiger partial charge in [-0.2, -0.15) is 5.10 Å². The van der Waals surface area contributed by atoms with E-state index in [1.807, 2.05) is 6.92 Å². The Bertz CT molecular complexity index is 584. The first-order valence-corrected chi connectivity index (χ1v) is 7.15. The number of aryl methyl sites for hydroxylation is 2. The molecule has 1 aromatic carbocycles. The first-order valence-electron chi connectivity index (χ1n) is 5.24. The van der Waals surface area contributed by atoms with Crippen LogP contribution in [0.25, 0.3) is 0 Å². The molecule has 6 heteroatoms. The Morgan fingerprint density at radius 1 is 1.44 bits per heavy atom. The number of nitrogens with zero attached hydrogens (tertiary/aromatic N) is 2. The van der Waals surface area contributed by atoms with Crippen molar-refractivity contribution in [1.82, 2.24) is 9.78 Å². The molecule has 0 N–H and O–H groups in total. The zero-order chi connectivity index (χ0) is 13.3. The van der Waals surface area contributed by atoms with Crippen LogP contribution in [0.2, 0.25) is 0 Å². The van der Waals surface area contributed by atoms with Gasteiger partial charge in [0.1, 0.15) is 11.6 Å². The van der Waals surface area contributed by atoms with Gasteiger partial charge in [0.15, 0.2) is 0 Å². The highest BCUT2D eigenvalue weighted by Gasteiger charge is 2.15. The van der Waals surface area contributed by atoms with Gasteiger partial charge < -0.3 is 4.74 Å². The van der Waals surface area contributed by atoms with E-state index in [1.165, 1.54) is 12.1 Å². The summed E-state index contributed by atoms with van der Waals surface area (Å²) in [5, 5.41) is 4.92. The number of benzene rings is 1. The Balaban J connectivity index is 2.42. The fourth-order valence-electron chi connectivity index (χ4n) is 1.62. The zero-order valence-corrected chi connectivity index (χ0v) is 13.0. The van der Waals surface area contributed by atoms with Crippen LogP contribution in [0, 0.1) is 12.7 Å². The molecule has 0 aliphatic rings. The van der Waals surface area contributed by atoms with Crippen molar-refractivity contribution in [3.8, 4) is 11.6 Å². The molecule has 0 spiro atoms. The number of hydrogen-bond donors (Lipinski definition) is 0. The van der Waals surface area contributed by atoms with Crippen molar-refractivity contribution in [1.29, 1.82) is 0 Å². The van der Waals surface area contributed by atoms with Crippen molar-refractivity contribution in [3.05, 3.63) is 39.7 Å². The molecule has 96 valence electrons. The van der Waals surface area contributed by atoms with Crippen LogP contribution in [0.15, 0.2) is 22.7 Å². The maximum Gasteiger partial charge on any atom is 0.221 e. The largest absolute Gasteiger partial charge is 0.438 e. The normalized spacial score (nSPS) is 10.7. The third-order valence-corrected chi connectivity index (χ3v) is 3.74. The van der Waals surface area contributed by atoms with Crippen LogP contribution >= 0.6 is 31.9 Å². The van der Waals surface area contributed by atoms with E-state index in [4.69, 9.17) is 4.74 Å². The highest BCUT2D eigenvalue weighted by molar-refractivity contribution is 9.10. The van der Waals surface area contributed by atoms with Crippen LogP contribution in [-0.2, 0) is 12.4 Å². The maximum atomic E-state index is 13.2. The molecule has 0 atom stereocenters. The van der Waals surface area contributed by atoms with Crippen LogP contribution in [0.5, 0.6) is 11.6 Å². The summed E-state index contributed by atoms with van der Waals surface area (Å²) >= 11 is 6.73. The third kappa shape index (κ3) is 2.59. The molecular formula is C12H11Br2FN2O. The van der Waals surface area contributed by atoms with E-state index >= 15 is 0 Å². The van der Waals surface area contributed by atoms with Gasteiger partial charge in [0.05, 0.1) is 10.2 Å². The Kier molecular flexibility index (Phi) is 4.07. The molecule has 0 saturated heterocycles. The fourth-order valence-corrected chi connectivity index (χ4v) is 2.60. The topological polar surface area (TPSA) is 27.1 Å². The lowest BCUT2D eigenvalue weighted by molar-refractivity contribution is 0.422. The first-order chi connectivity index (χ1) is 8.52. The van der Waals surface area contributed by atoms with E-state index in [1.54, 1.807) is 17.8 Å². The van der Waals surface area contributed by atoms with E-state index in [-0.39, 0.29) is 5.82 Å². The summed E-state index contributed by atoms with van der Waals surface area (Å²) in [6.45, 7) is 1.91. The van der Waals surface area contributed by atoms with Crippen LogP contribution in [-0.4, -0.2) is 9.78 Å². The zero-order valence-electron chi connectivity index (χ0n) is 9.88. The summed E-state index contributed by atoms with van der Waals surface area (Å²) in [5.74, 6) is 0.698. The van der Waals surface area contributed by atoms with Gasteiger partial charge in [0.2, 0.25) is 5.88 Å². The molecule has 0 aliphatic carbocycles. The van der Waals surface area contributed by atoms with Gasteiger partial charge in [-0.1, -0.05) is 15.9 Å². The van der Waals surface area contributed by atoms with Crippen LogP contribution in [0.3, 0.4) is 0 Å². The second-order valence-electron chi connectivity index (χ2n) is 3.80. The van der Waals surface area contributed by atoms with Gasteiger partial charge in [-0.25, -0.2) is 9.07 Å². The average Bonchev–Trinajstić information content (AvgIpc) is 2.58. The summed E-state index contributed by atoms with van der Waals surface area (Å²) in [6, 6.07) is 4.32. The molecule has 0 unspecified atom stereocenters. The minimum atomic E-state index is -0.340. The highest BCUT2D eigenvalue weighted by Crippen LogP contribution is 2.33. The van der Waals surface area contributed by atoms with Crippen molar-refractivity contribution in [2.45, 2.75) is 12.3 Å². The van der Waals surface area contributed by atoms with Crippen LogP contribution in [0.4, 0.5) is 4.39 Å². The molecule has 0 amide bonds.